The second kappa shape index (κ2) is 7.64. The van der Waals surface area contributed by atoms with Crippen LogP contribution in [0.4, 0.5) is 0 Å². The minimum absolute atomic E-state index is 0.00657. The monoisotopic (exact) mass is 399 g/mol. The summed E-state index contributed by atoms with van der Waals surface area (Å²) in [5, 5.41) is 3.11. The third kappa shape index (κ3) is 4.20. The Kier molecular flexibility index (Phi) is 5.96. The molecule has 2 aliphatic heterocycles. The zero-order valence-electron chi connectivity index (χ0n) is 17.2. The Morgan fingerprint density at radius 3 is 2.63 bits per heavy atom. The quantitative estimate of drug-likeness (QED) is 0.734. The number of likely N-dealkylation sites (tertiary alicyclic amines) is 1. The molecule has 3 N–H and O–H groups in total. The van der Waals surface area contributed by atoms with Gasteiger partial charge in [-0.15, -0.1) is 0 Å². The Labute approximate surface area is 164 Å². The maximum atomic E-state index is 12.6. The maximum Gasteiger partial charge on any atom is 0.223 e. The van der Waals surface area contributed by atoms with Crippen molar-refractivity contribution in [3.8, 4) is 0 Å². The smallest absolute Gasteiger partial charge is 0.223 e. The molecule has 3 aliphatic rings. The number of amides is 1. The summed E-state index contributed by atoms with van der Waals surface area (Å²) in [7, 11) is -3.12. The number of nitrogens with two attached hydrogens (primary N) is 1. The van der Waals surface area contributed by atoms with E-state index in [1.54, 1.807) is 0 Å². The van der Waals surface area contributed by atoms with Crippen LogP contribution < -0.4 is 11.1 Å². The molecule has 1 amide bonds. The van der Waals surface area contributed by atoms with E-state index in [1.165, 1.54) is 19.3 Å². The maximum absolute atomic E-state index is 12.6. The van der Waals surface area contributed by atoms with Crippen LogP contribution in [0.3, 0.4) is 0 Å². The summed E-state index contributed by atoms with van der Waals surface area (Å²) in [5.74, 6) is 0.738. The van der Waals surface area contributed by atoms with Crippen molar-refractivity contribution in [3.63, 3.8) is 0 Å². The van der Waals surface area contributed by atoms with Gasteiger partial charge in [0.15, 0.2) is 9.84 Å². The first-order chi connectivity index (χ1) is 12.6. The molecule has 0 bridgehead atoms. The van der Waals surface area contributed by atoms with Crippen LogP contribution in [0.15, 0.2) is 0 Å². The fraction of sp³-hybridized carbons (Fsp3) is 0.950. The molecule has 2 unspecified atom stereocenters. The molecule has 2 heterocycles. The van der Waals surface area contributed by atoms with Crippen molar-refractivity contribution in [2.45, 2.75) is 82.0 Å². The summed E-state index contributed by atoms with van der Waals surface area (Å²) in [6.07, 6.45) is 5.67. The van der Waals surface area contributed by atoms with Crippen molar-refractivity contribution in [3.05, 3.63) is 0 Å². The second-order valence-corrected chi connectivity index (χ2v) is 12.3. The average Bonchev–Trinajstić information content (AvgIpc) is 2.60. The summed E-state index contributed by atoms with van der Waals surface area (Å²) in [5.41, 5.74) is 5.93. The van der Waals surface area contributed by atoms with Gasteiger partial charge in [-0.25, -0.2) is 8.42 Å². The van der Waals surface area contributed by atoms with Gasteiger partial charge in [-0.2, -0.15) is 0 Å². The number of nitrogens with one attached hydrogen (secondary N) is 1. The molecule has 3 fully saturated rings. The van der Waals surface area contributed by atoms with Gasteiger partial charge in [-0.05, 0) is 64.8 Å². The first-order valence-electron chi connectivity index (χ1n) is 10.6. The summed E-state index contributed by atoms with van der Waals surface area (Å²) in [4.78, 5) is 15.1. The second-order valence-electron chi connectivity index (χ2n) is 9.75. The predicted molar refractivity (Wildman–Crippen MR) is 108 cm³/mol. The van der Waals surface area contributed by atoms with E-state index in [0.717, 1.165) is 19.0 Å². The fourth-order valence-corrected chi connectivity index (χ4v) is 7.61. The molecule has 1 saturated carbocycles. The Morgan fingerprint density at radius 1 is 1.26 bits per heavy atom. The number of hydrogen-bond donors (Lipinski definition) is 2. The topological polar surface area (TPSA) is 92.5 Å². The summed E-state index contributed by atoms with van der Waals surface area (Å²) >= 11 is 0. The molecule has 3 rings (SSSR count). The number of carbonyl (C=O) groups excluding carboxylic acids is 1. The molecule has 1 spiro atoms. The lowest BCUT2D eigenvalue weighted by Gasteiger charge is -2.50. The first kappa shape index (κ1) is 21.1. The molecule has 156 valence electrons. The van der Waals surface area contributed by atoms with E-state index in [2.05, 4.69) is 31.0 Å². The van der Waals surface area contributed by atoms with Crippen LogP contribution in [-0.4, -0.2) is 60.9 Å². The number of sulfone groups is 1. The molecule has 0 aromatic heterocycles. The van der Waals surface area contributed by atoms with Crippen LogP contribution in [0, 0.1) is 11.8 Å². The van der Waals surface area contributed by atoms with E-state index >= 15 is 0 Å². The Hall–Kier alpha value is -0.660. The Morgan fingerprint density at radius 2 is 1.96 bits per heavy atom. The van der Waals surface area contributed by atoms with Crippen molar-refractivity contribution in [1.82, 2.24) is 10.2 Å². The highest BCUT2D eigenvalue weighted by Crippen LogP contribution is 2.49. The predicted octanol–water partition coefficient (Wildman–Crippen LogP) is 1.69. The molecule has 0 aromatic rings. The molecular formula is C20H37N3O3S. The van der Waals surface area contributed by atoms with Gasteiger partial charge in [0.25, 0.3) is 0 Å². The lowest BCUT2D eigenvalue weighted by molar-refractivity contribution is -0.129. The summed E-state index contributed by atoms with van der Waals surface area (Å²) in [6.45, 7) is 9.43. The molecular weight excluding hydrogens is 362 g/mol. The van der Waals surface area contributed by atoms with Crippen molar-refractivity contribution < 1.29 is 13.2 Å². The highest BCUT2D eigenvalue weighted by Gasteiger charge is 2.57. The van der Waals surface area contributed by atoms with Crippen LogP contribution in [0.2, 0.25) is 0 Å². The molecule has 6 nitrogen and oxygen atoms in total. The van der Waals surface area contributed by atoms with Gasteiger partial charge >= 0.3 is 0 Å². The first-order valence-corrected chi connectivity index (χ1v) is 12.2. The van der Waals surface area contributed by atoms with Gasteiger partial charge in [0.1, 0.15) is 0 Å². The van der Waals surface area contributed by atoms with Gasteiger partial charge < -0.3 is 11.1 Å². The number of carbonyl (C=O) groups is 1. The van der Waals surface area contributed by atoms with Gasteiger partial charge in [-0.3, -0.25) is 9.69 Å². The standard InChI is InChI=1S/C20H37N3O3S/c1-4-15-6-5-8-23(13-15)19(2,3)14-22-18(24)16-10-20(11-16)12-17(21)7-9-27(20,25)26/h15-17H,4-14,21H2,1-3H3,(H,22,24). The van der Waals surface area contributed by atoms with Crippen LogP contribution >= 0.6 is 0 Å². The molecule has 2 atom stereocenters. The van der Waals surface area contributed by atoms with Gasteiger partial charge in [0.2, 0.25) is 5.91 Å². The van der Waals surface area contributed by atoms with E-state index in [9.17, 15) is 13.2 Å². The van der Waals surface area contributed by atoms with Crippen molar-refractivity contribution in [1.29, 1.82) is 0 Å². The van der Waals surface area contributed by atoms with Crippen LogP contribution in [-0.2, 0) is 14.6 Å². The normalized spacial score (nSPS) is 37.0. The summed E-state index contributed by atoms with van der Waals surface area (Å²) in [6, 6.07) is -0.0536. The Balaban J connectivity index is 1.52. The van der Waals surface area contributed by atoms with Gasteiger partial charge in [-0.1, -0.05) is 13.3 Å². The number of piperidine rings is 1. The highest BCUT2D eigenvalue weighted by molar-refractivity contribution is 7.92. The van der Waals surface area contributed by atoms with Crippen LogP contribution in [0.5, 0.6) is 0 Å². The van der Waals surface area contributed by atoms with E-state index in [1.807, 2.05) is 0 Å². The van der Waals surface area contributed by atoms with E-state index in [4.69, 9.17) is 5.73 Å². The number of nitrogens with zero attached hydrogens (tertiary/aromatic N) is 1. The van der Waals surface area contributed by atoms with Crippen molar-refractivity contribution >= 4 is 15.7 Å². The minimum Gasteiger partial charge on any atom is -0.354 e. The lowest BCUT2D eigenvalue weighted by Crippen LogP contribution is -2.61. The zero-order valence-corrected chi connectivity index (χ0v) is 18.0. The van der Waals surface area contributed by atoms with Crippen LogP contribution in [0.1, 0.15) is 65.7 Å². The third-order valence-electron chi connectivity index (χ3n) is 7.31. The zero-order chi connectivity index (χ0) is 19.9. The molecule has 2 saturated heterocycles. The Bertz CT molecular complexity index is 655. The SMILES string of the molecule is CCC1CCCN(C(C)(C)CNC(=O)C2CC3(CC(N)CCS3(=O)=O)C2)C1. The van der Waals surface area contributed by atoms with E-state index in [-0.39, 0.29) is 29.2 Å². The minimum atomic E-state index is -3.12. The van der Waals surface area contributed by atoms with E-state index in [0.29, 0.717) is 32.2 Å². The van der Waals surface area contributed by atoms with Gasteiger partial charge in [0, 0.05) is 30.6 Å². The molecule has 7 heteroatoms. The van der Waals surface area contributed by atoms with Crippen molar-refractivity contribution in [2.75, 3.05) is 25.4 Å². The largest absolute Gasteiger partial charge is 0.354 e. The number of hydrogen-bond acceptors (Lipinski definition) is 5. The molecule has 0 aromatic carbocycles. The average molecular weight is 400 g/mol. The molecule has 27 heavy (non-hydrogen) atoms. The van der Waals surface area contributed by atoms with E-state index < -0.39 is 14.6 Å². The van der Waals surface area contributed by atoms with Crippen molar-refractivity contribution in [2.24, 2.45) is 17.6 Å². The third-order valence-corrected chi connectivity index (χ3v) is 9.90. The fourth-order valence-electron chi connectivity index (χ4n) is 5.18. The summed E-state index contributed by atoms with van der Waals surface area (Å²) < 4.78 is 24.2. The molecule has 1 aliphatic carbocycles. The van der Waals surface area contributed by atoms with Crippen LogP contribution in [0.25, 0.3) is 0 Å². The molecule has 0 radical (unpaired) electrons. The van der Waals surface area contributed by atoms with Gasteiger partial charge in [0.05, 0.1) is 10.5 Å². The number of rotatable bonds is 5. The lowest BCUT2D eigenvalue weighted by atomic mass is 9.70. The highest BCUT2D eigenvalue weighted by atomic mass is 32.2.